The highest BCUT2D eigenvalue weighted by Gasteiger charge is 2.57. The third-order valence-electron chi connectivity index (χ3n) is 6.60. The summed E-state index contributed by atoms with van der Waals surface area (Å²) in [7, 11) is 0. The number of benzene rings is 1. The predicted octanol–water partition coefficient (Wildman–Crippen LogP) is 3.90. The van der Waals surface area contributed by atoms with Gasteiger partial charge in [0.05, 0.1) is 11.1 Å². The minimum absolute atomic E-state index is 0. The van der Waals surface area contributed by atoms with Crippen LogP contribution in [0.15, 0.2) is 30.3 Å². The van der Waals surface area contributed by atoms with E-state index in [1.54, 1.807) is 0 Å². The highest BCUT2D eigenvalue weighted by atomic mass is 35.5. The molecule has 3 N–H and O–H groups in total. The number of pyridine rings is 1. The van der Waals surface area contributed by atoms with E-state index in [0.29, 0.717) is 17.4 Å². The summed E-state index contributed by atoms with van der Waals surface area (Å²) in [6.45, 7) is 0. The molecule has 0 aliphatic heterocycles. The number of aromatic carboxylic acids is 1. The quantitative estimate of drug-likeness (QED) is 0.853. The number of para-hydroxylation sites is 1. The molecule has 4 fully saturated rings. The number of carboxylic acid groups (broad SMARTS) is 1. The van der Waals surface area contributed by atoms with Crippen LogP contribution in [0, 0.1) is 11.8 Å². The molecule has 0 radical (unpaired) electrons. The van der Waals surface area contributed by atoms with Gasteiger partial charge in [-0.3, -0.25) is 4.98 Å². The molecule has 4 nitrogen and oxygen atoms in total. The van der Waals surface area contributed by atoms with Crippen molar-refractivity contribution in [3.05, 3.63) is 41.6 Å². The first-order valence-corrected chi connectivity index (χ1v) is 8.89. The molecule has 2 unspecified atom stereocenters. The van der Waals surface area contributed by atoms with Gasteiger partial charge in [-0.25, -0.2) is 4.79 Å². The Labute approximate surface area is 153 Å². The molecule has 0 amide bonds. The maximum absolute atomic E-state index is 11.8. The predicted molar refractivity (Wildman–Crippen MR) is 99.2 cm³/mol. The van der Waals surface area contributed by atoms with Crippen LogP contribution in [0.3, 0.4) is 0 Å². The fourth-order valence-electron chi connectivity index (χ4n) is 6.26. The van der Waals surface area contributed by atoms with Gasteiger partial charge < -0.3 is 10.8 Å². The lowest BCUT2D eigenvalue weighted by molar-refractivity contribution is -0.0244. The second-order valence-corrected chi connectivity index (χ2v) is 8.48. The van der Waals surface area contributed by atoms with E-state index in [-0.39, 0.29) is 23.4 Å². The number of carboxylic acids is 1. The van der Waals surface area contributed by atoms with E-state index in [1.165, 1.54) is 6.42 Å². The lowest BCUT2D eigenvalue weighted by Gasteiger charge is -2.60. The maximum atomic E-state index is 11.8. The fraction of sp³-hybridized carbons (Fsp3) is 0.500. The zero-order chi connectivity index (χ0) is 16.5. The monoisotopic (exact) mass is 358 g/mol. The second-order valence-electron chi connectivity index (χ2n) is 8.48. The Kier molecular flexibility index (Phi) is 3.64. The number of fused-ring (bicyclic) bond motifs is 1. The molecule has 1 heterocycles. The lowest BCUT2D eigenvalue weighted by Crippen LogP contribution is -2.61. The summed E-state index contributed by atoms with van der Waals surface area (Å²) >= 11 is 0. The maximum Gasteiger partial charge on any atom is 0.336 e. The molecule has 6 rings (SSSR count). The van der Waals surface area contributed by atoms with E-state index in [9.17, 15) is 9.90 Å². The van der Waals surface area contributed by atoms with E-state index >= 15 is 0 Å². The molecule has 2 atom stereocenters. The van der Waals surface area contributed by atoms with Crippen molar-refractivity contribution in [3.63, 3.8) is 0 Å². The molecule has 1 aromatic carbocycles. The summed E-state index contributed by atoms with van der Waals surface area (Å²) in [6.07, 6.45) is 6.74. The van der Waals surface area contributed by atoms with Gasteiger partial charge in [-0.2, -0.15) is 0 Å². The van der Waals surface area contributed by atoms with E-state index in [0.717, 1.165) is 48.7 Å². The summed E-state index contributed by atoms with van der Waals surface area (Å²) in [5.41, 5.74) is 8.74. The van der Waals surface area contributed by atoms with Crippen molar-refractivity contribution in [3.8, 4) is 0 Å². The molecule has 25 heavy (non-hydrogen) atoms. The molecule has 0 saturated heterocycles. The number of rotatable bonds is 2. The van der Waals surface area contributed by atoms with Crippen molar-refractivity contribution in [1.82, 2.24) is 4.98 Å². The van der Waals surface area contributed by atoms with Crippen LogP contribution in [0.25, 0.3) is 10.9 Å². The highest BCUT2D eigenvalue weighted by Crippen LogP contribution is 2.61. The fourth-order valence-corrected chi connectivity index (χ4v) is 6.26. The summed E-state index contributed by atoms with van der Waals surface area (Å²) in [6, 6.07) is 9.40. The molecule has 4 aliphatic rings. The first-order valence-electron chi connectivity index (χ1n) is 8.89. The van der Waals surface area contributed by atoms with Crippen molar-refractivity contribution < 1.29 is 9.90 Å². The van der Waals surface area contributed by atoms with E-state index < -0.39 is 5.97 Å². The summed E-state index contributed by atoms with van der Waals surface area (Å²) in [4.78, 5) is 16.7. The number of carbonyl (C=O) groups is 1. The van der Waals surface area contributed by atoms with Crippen molar-refractivity contribution in [2.24, 2.45) is 17.6 Å². The van der Waals surface area contributed by atoms with Crippen molar-refractivity contribution >= 4 is 29.3 Å². The van der Waals surface area contributed by atoms with Gasteiger partial charge in [-0.05, 0) is 62.5 Å². The van der Waals surface area contributed by atoms with E-state index in [1.807, 2.05) is 30.3 Å². The number of aromatic nitrogens is 1. The molecule has 4 saturated carbocycles. The summed E-state index contributed by atoms with van der Waals surface area (Å²) in [5, 5.41) is 10.4. The second kappa shape index (κ2) is 5.42. The Morgan fingerprint density at radius 2 is 1.84 bits per heavy atom. The average Bonchev–Trinajstić information content (AvgIpc) is 2.51. The van der Waals surface area contributed by atoms with E-state index in [4.69, 9.17) is 10.7 Å². The lowest BCUT2D eigenvalue weighted by atomic mass is 9.46. The van der Waals surface area contributed by atoms with Crippen molar-refractivity contribution in [2.75, 3.05) is 0 Å². The van der Waals surface area contributed by atoms with Gasteiger partial charge in [-0.1, -0.05) is 18.2 Å². The zero-order valence-electron chi connectivity index (χ0n) is 14.1. The third-order valence-corrected chi connectivity index (χ3v) is 6.60. The van der Waals surface area contributed by atoms with E-state index in [2.05, 4.69) is 0 Å². The van der Waals surface area contributed by atoms with Crippen LogP contribution in [-0.2, 0) is 5.41 Å². The van der Waals surface area contributed by atoms with Gasteiger partial charge in [0.15, 0.2) is 0 Å². The van der Waals surface area contributed by atoms with Crippen molar-refractivity contribution in [2.45, 2.75) is 49.5 Å². The average molecular weight is 359 g/mol. The first kappa shape index (κ1) is 16.8. The highest BCUT2D eigenvalue weighted by molar-refractivity contribution is 6.02. The van der Waals surface area contributed by atoms with Crippen LogP contribution in [0.4, 0.5) is 0 Å². The topological polar surface area (TPSA) is 76.2 Å². The van der Waals surface area contributed by atoms with Crippen molar-refractivity contribution in [1.29, 1.82) is 0 Å². The van der Waals surface area contributed by atoms with Gasteiger partial charge in [0.1, 0.15) is 0 Å². The van der Waals surface area contributed by atoms with Gasteiger partial charge >= 0.3 is 5.97 Å². The Morgan fingerprint density at radius 1 is 1.16 bits per heavy atom. The summed E-state index contributed by atoms with van der Waals surface area (Å²) in [5.74, 6) is 0.484. The molecular formula is C20H23ClN2O2. The Bertz CT molecular complexity index is 852. The SMILES string of the molecule is Cl.NC12CC3CC(C1)CC(c1cc(C(=O)O)c4ccccc4n1)(C3)C2. The summed E-state index contributed by atoms with van der Waals surface area (Å²) < 4.78 is 0. The molecule has 132 valence electrons. The number of nitrogens with two attached hydrogens (primary N) is 1. The first-order chi connectivity index (χ1) is 11.5. The van der Waals surface area contributed by atoms with Gasteiger partial charge in [0.2, 0.25) is 0 Å². The Hall–Kier alpha value is -1.65. The molecular weight excluding hydrogens is 336 g/mol. The zero-order valence-corrected chi connectivity index (χ0v) is 14.9. The van der Waals surface area contributed by atoms with Crippen LogP contribution < -0.4 is 5.73 Å². The molecule has 4 aliphatic carbocycles. The Morgan fingerprint density at radius 3 is 2.48 bits per heavy atom. The minimum Gasteiger partial charge on any atom is -0.478 e. The van der Waals surface area contributed by atoms with Crippen LogP contribution in [0.5, 0.6) is 0 Å². The number of nitrogens with zero attached hydrogens (tertiary/aromatic N) is 1. The van der Waals surface area contributed by atoms with Gasteiger partial charge in [0, 0.05) is 22.0 Å². The Balaban J connectivity index is 0.00000157. The van der Waals surface area contributed by atoms with Crippen LogP contribution >= 0.6 is 12.4 Å². The molecule has 5 heteroatoms. The number of hydrogen-bond acceptors (Lipinski definition) is 3. The van der Waals surface area contributed by atoms with Crippen LogP contribution in [0.1, 0.15) is 54.6 Å². The van der Waals surface area contributed by atoms with Crippen LogP contribution in [-0.4, -0.2) is 21.6 Å². The smallest absolute Gasteiger partial charge is 0.336 e. The molecule has 1 aromatic heterocycles. The van der Waals surface area contributed by atoms with Gasteiger partial charge in [-0.15, -0.1) is 12.4 Å². The largest absolute Gasteiger partial charge is 0.478 e. The number of halogens is 1. The van der Waals surface area contributed by atoms with Crippen LogP contribution in [0.2, 0.25) is 0 Å². The molecule has 0 spiro atoms. The minimum atomic E-state index is -0.873. The number of hydrogen-bond donors (Lipinski definition) is 2. The standard InChI is InChI=1S/C20H22N2O2.ClH/c21-20-9-12-5-13(10-20)8-19(7-12,11-20)17-6-15(18(23)24)14-3-1-2-4-16(14)22-17;/h1-4,6,12-13H,5,7-11,21H2,(H,23,24);1H. The molecule has 4 bridgehead atoms. The normalized spacial score (nSPS) is 35.6. The third kappa shape index (κ3) is 2.46. The van der Waals surface area contributed by atoms with Gasteiger partial charge in [0.25, 0.3) is 0 Å². The molecule has 2 aromatic rings.